The third-order valence-corrected chi connectivity index (χ3v) is 2.62. The van der Waals surface area contributed by atoms with Crippen LogP contribution in [0.5, 0.6) is 0 Å². The van der Waals surface area contributed by atoms with Gasteiger partial charge in [-0.25, -0.2) is 0 Å². The fourth-order valence-corrected chi connectivity index (χ4v) is 2.10. The van der Waals surface area contributed by atoms with Crippen molar-refractivity contribution in [2.24, 2.45) is 5.92 Å². The third kappa shape index (κ3) is 1.42. The zero-order chi connectivity index (χ0) is 7.14. The molecule has 2 heterocycles. The van der Waals surface area contributed by atoms with Gasteiger partial charge in [0.05, 0.1) is 5.92 Å². The van der Waals surface area contributed by atoms with Crippen molar-refractivity contribution in [3.8, 4) is 0 Å². The summed E-state index contributed by atoms with van der Waals surface area (Å²) in [7, 11) is 0. The van der Waals surface area contributed by atoms with Crippen LogP contribution in [0.1, 0.15) is 19.3 Å². The number of nitrogens with one attached hydrogen (secondary N) is 1. The van der Waals surface area contributed by atoms with E-state index in [-0.39, 0.29) is 28.9 Å². The molecule has 0 aliphatic carbocycles. The summed E-state index contributed by atoms with van der Waals surface area (Å²) in [6, 6.07) is 0.786. The Balaban J connectivity index is 0.000000605. The first-order chi connectivity index (χ1) is 4.77. The summed E-state index contributed by atoms with van der Waals surface area (Å²) in [5.74, 6) is -0.724. The predicted octanol–water partition coefficient (Wildman–Crippen LogP) is 0.789. The van der Waals surface area contributed by atoms with Crippen LogP contribution in [0.2, 0.25) is 0 Å². The maximum atomic E-state index is 10.6. The van der Waals surface area contributed by atoms with Crippen molar-refractivity contribution < 1.29 is 9.90 Å². The highest BCUT2D eigenvalue weighted by atomic mass is 79.9. The van der Waals surface area contributed by atoms with Crippen LogP contribution in [0.15, 0.2) is 0 Å². The van der Waals surface area contributed by atoms with Crippen LogP contribution in [0.3, 0.4) is 0 Å². The lowest BCUT2D eigenvalue weighted by atomic mass is 9.89. The van der Waals surface area contributed by atoms with E-state index in [0.29, 0.717) is 6.04 Å². The summed E-state index contributed by atoms with van der Waals surface area (Å²) >= 11 is 0. The Kier molecular flexibility index (Phi) is 2.54. The molecule has 64 valence electrons. The summed E-state index contributed by atoms with van der Waals surface area (Å²) in [5, 5.41) is 12.0. The minimum absolute atomic E-state index is 0. The van der Waals surface area contributed by atoms with Crippen molar-refractivity contribution in [2.45, 2.75) is 31.3 Å². The molecule has 4 heteroatoms. The number of halogens is 1. The quantitative estimate of drug-likeness (QED) is 0.689. The molecule has 3 atom stereocenters. The predicted molar refractivity (Wildman–Crippen MR) is 46.0 cm³/mol. The van der Waals surface area contributed by atoms with Crippen molar-refractivity contribution in [1.29, 1.82) is 0 Å². The van der Waals surface area contributed by atoms with Gasteiger partial charge in [0.15, 0.2) is 0 Å². The van der Waals surface area contributed by atoms with Crippen LogP contribution < -0.4 is 5.32 Å². The molecule has 0 aromatic carbocycles. The van der Waals surface area contributed by atoms with Crippen LogP contribution >= 0.6 is 17.0 Å². The Hall–Kier alpha value is -0.0900. The Bertz CT molecular complexity index is 174. The standard InChI is InChI=1S/C7H11NO2.BrH/c9-7(10)5-3-4-1-2-6(5)8-4;/h4-6,8H,1-3H2,(H,9,10);1H/t4-,5-,6+;/m0./s1. The lowest BCUT2D eigenvalue weighted by molar-refractivity contribution is -0.142. The minimum atomic E-state index is -0.625. The van der Waals surface area contributed by atoms with Gasteiger partial charge in [-0.3, -0.25) is 4.79 Å². The average molecular weight is 222 g/mol. The molecule has 3 nitrogen and oxygen atoms in total. The molecular formula is C7H12BrNO2. The van der Waals surface area contributed by atoms with E-state index in [1.165, 1.54) is 6.42 Å². The molecular weight excluding hydrogens is 210 g/mol. The summed E-state index contributed by atoms with van der Waals surface area (Å²) in [5.41, 5.74) is 0. The van der Waals surface area contributed by atoms with Crippen LogP contribution in [0, 0.1) is 5.92 Å². The smallest absolute Gasteiger partial charge is 0.308 e. The van der Waals surface area contributed by atoms with Gasteiger partial charge in [-0.05, 0) is 19.3 Å². The maximum Gasteiger partial charge on any atom is 0.308 e. The van der Waals surface area contributed by atoms with Crippen LogP contribution in [-0.2, 0) is 4.79 Å². The van der Waals surface area contributed by atoms with Crippen molar-refractivity contribution in [3.63, 3.8) is 0 Å². The number of hydrogen-bond acceptors (Lipinski definition) is 2. The van der Waals surface area contributed by atoms with Gasteiger partial charge in [0, 0.05) is 12.1 Å². The number of hydrogen-bond donors (Lipinski definition) is 2. The second kappa shape index (κ2) is 3.11. The van der Waals surface area contributed by atoms with E-state index in [4.69, 9.17) is 5.11 Å². The first-order valence-corrected chi connectivity index (χ1v) is 3.76. The first-order valence-electron chi connectivity index (χ1n) is 3.76. The van der Waals surface area contributed by atoms with E-state index in [9.17, 15) is 4.79 Å². The van der Waals surface area contributed by atoms with Gasteiger partial charge in [-0.1, -0.05) is 0 Å². The zero-order valence-corrected chi connectivity index (χ0v) is 7.83. The number of aliphatic carboxylic acids is 1. The minimum Gasteiger partial charge on any atom is -0.481 e. The highest BCUT2D eigenvalue weighted by Gasteiger charge is 2.42. The van der Waals surface area contributed by atoms with E-state index in [1.54, 1.807) is 0 Å². The Morgan fingerprint density at radius 1 is 1.45 bits per heavy atom. The molecule has 2 saturated heterocycles. The molecule has 2 bridgehead atoms. The fraction of sp³-hybridized carbons (Fsp3) is 0.857. The van der Waals surface area contributed by atoms with Gasteiger partial charge in [-0.2, -0.15) is 0 Å². The molecule has 2 aliphatic rings. The monoisotopic (exact) mass is 221 g/mol. The van der Waals surface area contributed by atoms with Gasteiger partial charge < -0.3 is 10.4 Å². The van der Waals surface area contributed by atoms with Gasteiger partial charge in [0.2, 0.25) is 0 Å². The molecule has 0 aromatic heterocycles. The van der Waals surface area contributed by atoms with Crippen molar-refractivity contribution in [2.75, 3.05) is 0 Å². The van der Waals surface area contributed by atoms with E-state index in [2.05, 4.69) is 5.32 Å². The van der Waals surface area contributed by atoms with E-state index >= 15 is 0 Å². The number of carboxylic acid groups (broad SMARTS) is 1. The van der Waals surface area contributed by atoms with Crippen molar-refractivity contribution in [1.82, 2.24) is 5.32 Å². The normalized spacial score (nSPS) is 40.2. The number of rotatable bonds is 1. The Morgan fingerprint density at radius 2 is 2.18 bits per heavy atom. The number of fused-ring (bicyclic) bond motifs is 2. The SMILES string of the molecule is Br.O=C(O)[C@H]1C[C@@H]2CC[C@H]1N2. The molecule has 2 N–H and O–H groups in total. The summed E-state index contributed by atoms with van der Waals surface area (Å²) in [6.07, 6.45) is 3.08. The molecule has 2 rings (SSSR count). The number of carbonyl (C=O) groups is 1. The summed E-state index contributed by atoms with van der Waals surface area (Å²) < 4.78 is 0. The van der Waals surface area contributed by atoms with Crippen molar-refractivity contribution >= 4 is 23.0 Å². The molecule has 0 amide bonds. The summed E-state index contributed by atoms with van der Waals surface area (Å²) in [4.78, 5) is 10.6. The van der Waals surface area contributed by atoms with Gasteiger partial charge in [0.25, 0.3) is 0 Å². The lowest BCUT2D eigenvalue weighted by Crippen LogP contribution is -2.28. The van der Waals surface area contributed by atoms with Crippen LogP contribution in [0.4, 0.5) is 0 Å². The molecule has 2 fully saturated rings. The molecule has 0 saturated carbocycles. The second-order valence-electron chi connectivity index (χ2n) is 3.23. The first kappa shape index (κ1) is 9.00. The molecule has 11 heavy (non-hydrogen) atoms. The molecule has 0 unspecified atom stereocenters. The van der Waals surface area contributed by atoms with E-state index < -0.39 is 5.97 Å². The van der Waals surface area contributed by atoms with Crippen LogP contribution in [-0.4, -0.2) is 23.2 Å². The lowest BCUT2D eigenvalue weighted by Gasteiger charge is -2.14. The molecule has 2 aliphatic heterocycles. The Morgan fingerprint density at radius 3 is 2.45 bits per heavy atom. The molecule has 0 radical (unpaired) electrons. The number of carboxylic acids is 1. The van der Waals surface area contributed by atoms with E-state index in [1.807, 2.05) is 0 Å². The van der Waals surface area contributed by atoms with Gasteiger partial charge in [0.1, 0.15) is 0 Å². The highest BCUT2D eigenvalue weighted by Crippen LogP contribution is 2.32. The molecule has 0 aromatic rings. The average Bonchev–Trinajstić information content (AvgIpc) is 2.44. The zero-order valence-electron chi connectivity index (χ0n) is 6.12. The van der Waals surface area contributed by atoms with Crippen LogP contribution in [0.25, 0.3) is 0 Å². The Labute approximate surface area is 75.9 Å². The van der Waals surface area contributed by atoms with Gasteiger partial charge >= 0.3 is 5.97 Å². The fourth-order valence-electron chi connectivity index (χ4n) is 2.10. The topological polar surface area (TPSA) is 49.3 Å². The molecule has 0 spiro atoms. The maximum absolute atomic E-state index is 10.6. The second-order valence-corrected chi connectivity index (χ2v) is 3.23. The van der Waals surface area contributed by atoms with Crippen molar-refractivity contribution in [3.05, 3.63) is 0 Å². The van der Waals surface area contributed by atoms with Gasteiger partial charge in [-0.15, -0.1) is 17.0 Å². The summed E-state index contributed by atoms with van der Waals surface area (Å²) in [6.45, 7) is 0. The third-order valence-electron chi connectivity index (χ3n) is 2.62. The largest absolute Gasteiger partial charge is 0.481 e. The highest BCUT2D eigenvalue weighted by molar-refractivity contribution is 8.93. The van der Waals surface area contributed by atoms with E-state index in [0.717, 1.165) is 12.8 Å².